The number of rotatable bonds is 6. The van der Waals surface area contributed by atoms with Gasteiger partial charge in [-0.15, -0.1) is 0 Å². The van der Waals surface area contributed by atoms with Crippen LogP contribution < -0.4 is 32.1 Å². The molecule has 9 heteroatoms. The van der Waals surface area contributed by atoms with Gasteiger partial charge >= 0.3 is 0 Å². The molecule has 3 heterocycles. The Morgan fingerprint density at radius 3 is 2.78 bits per heavy atom. The minimum absolute atomic E-state index is 0.112. The van der Waals surface area contributed by atoms with Crippen molar-refractivity contribution in [3.05, 3.63) is 0 Å². The molecule has 206 valence electrons. The van der Waals surface area contributed by atoms with E-state index in [2.05, 4.69) is 64.8 Å². The first-order valence-corrected chi connectivity index (χ1v) is 14.7. The molecule has 5 aliphatic rings. The molecule has 2 aliphatic carbocycles. The number of hydrogen-bond donors (Lipinski definition) is 6. The Morgan fingerprint density at radius 1 is 1.11 bits per heavy atom. The highest BCUT2D eigenvalue weighted by Crippen LogP contribution is 2.42. The number of nitrogens with zero attached hydrogens (tertiary/aromatic N) is 1. The van der Waals surface area contributed by atoms with Crippen LogP contribution in [0.4, 0.5) is 0 Å². The number of nitrogens with one attached hydrogen (secondary N) is 6. The Morgan fingerprint density at radius 2 is 1.97 bits per heavy atom. The van der Waals surface area contributed by atoms with Crippen LogP contribution in [-0.4, -0.2) is 79.8 Å². The van der Waals surface area contributed by atoms with Crippen LogP contribution >= 0.6 is 0 Å². The first-order valence-electron chi connectivity index (χ1n) is 14.7. The molecular weight excluding hydrogens is 454 g/mol. The number of hydrazine groups is 1. The van der Waals surface area contributed by atoms with Gasteiger partial charge in [0.15, 0.2) is 0 Å². The quantitative estimate of drug-likeness (QED) is 0.321. The monoisotopic (exact) mass is 505 g/mol. The predicted octanol–water partition coefficient (Wildman–Crippen LogP) is 1.22. The maximum atomic E-state index is 13.5. The van der Waals surface area contributed by atoms with Gasteiger partial charge < -0.3 is 20.7 Å². The van der Waals surface area contributed by atoms with E-state index in [4.69, 9.17) is 4.74 Å². The number of carbonyl (C=O) groups is 1. The van der Waals surface area contributed by atoms with E-state index >= 15 is 0 Å². The molecule has 1 amide bonds. The zero-order chi connectivity index (χ0) is 25.3. The third kappa shape index (κ3) is 6.25. The van der Waals surface area contributed by atoms with Crippen molar-refractivity contribution in [3.63, 3.8) is 0 Å². The molecular formula is C27H51N7O2. The van der Waals surface area contributed by atoms with Crippen molar-refractivity contribution in [3.8, 4) is 0 Å². The SMILES string of the molecule is CC1CCC2OC(C)(C)C[C@@H](NC(=O)C3CCCC(NCC4NNC(C5CCNCN5)N4C)C3)C2C1. The molecule has 0 radical (unpaired) electrons. The first-order chi connectivity index (χ1) is 17.3. The fraction of sp³-hybridized carbons (Fsp3) is 0.963. The minimum Gasteiger partial charge on any atom is -0.372 e. The van der Waals surface area contributed by atoms with Crippen LogP contribution in [0.3, 0.4) is 0 Å². The highest BCUT2D eigenvalue weighted by atomic mass is 16.5. The Hall–Kier alpha value is -0.810. The maximum absolute atomic E-state index is 13.5. The Labute approximate surface area is 218 Å². The zero-order valence-electron chi connectivity index (χ0n) is 22.9. The molecule has 8 unspecified atom stereocenters. The first kappa shape index (κ1) is 26.8. The normalized spacial score (nSPS) is 43.6. The molecule has 5 rings (SSSR count). The lowest BCUT2D eigenvalue weighted by Gasteiger charge is -2.50. The zero-order valence-corrected chi connectivity index (χ0v) is 22.9. The van der Waals surface area contributed by atoms with Crippen LogP contribution in [0.2, 0.25) is 0 Å². The minimum atomic E-state index is -0.161. The Balaban J connectivity index is 1.11. The molecule has 5 fully saturated rings. The van der Waals surface area contributed by atoms with Crippen molar-refractivity contribution in [2.75, 3.05) is 26.8 Å². The van der Waals surface area contributed by atoms with Gasteiger partial charge in [0.25, 0.3) is 0 Å². The molecule has 3 aliphatic heterocycles. The van der Waals surface area contributed by atoms with E-state index in [1.54, 1.807) is 0 Å². The van der Waals surface area contributed by atoms with E-state index in [0.29, 0.717) is 30.3 Å². The number of carbonyl (C=O) groups excluding carboxylic acids is 1. The molecule has 36 heavy (non-hydrogen) atoms. The van der Waals surface area contributed by atoms with E-state index in [9.17, 15) is 4.79 Å². The smallest absolute Gasteiger partial charge is 0.223 e. The third-order valence-corrected chi connectivity index (χ3v) is 9.60. The number of hydrogen-bond acceptors (Lipinski definition) is 8. The summed E-state index contributed by atoms with van der Waals surface area (Å²) < 4.78 is 6.45. The molecule has 2 saturated carbocycles. The van der Waals surface area contributed by atoms with E-state index in [-0.39, 0.29) is 29.6 Å². The van der Waals surface area contributed by atoms with Crippen molar-refractivity contribution < 1.29 is 9.53 Å². The highest BCUT2D eigenvalue weighted by molar-refractivity contribution is 5.79. The number of fused-ring (bicyclic) bond motifs is 1. The van der Waals surface area contributed by atoms with Crippen LogP contribution in [0.1, 0.15) is 78.6 Å². The van der Waals surface area contributed by atoms with Crippen molar-refractivity contribution in [1.82, 2.24) is 37.0 Å². The number of amides is 1. The summed E-state index contributed by atoms with van der Waals surface area (Å²) in [5.74, 6) is 1.57. The van der Waals surface area contributed by atoms with Crippen molar-refractivity contribution in [2.45, 2.75) is 121 Å². The van der Waals surface area contributed by atoms with Crippen molar-refractivity contribution >= 4 is 5.91 Å². The Bertz CT molecular complexity index is 746. The molecule has 0 aromatic carbocycles. The summed E-state index contributed by atoms with van der Waals surface area (Å²) in [5, 5.41) is 14.3. The standard InChI is InChI=1S/C27H51N7O2/c1-17-8-9-23-20(12-17)22(14-27(2,3)36-23)31-26(35)18-6-5-7-19(13-18)29-15-24-32-33-25(34(24)4)21-10-11-28-16-30-21/h17-25,28-30,32-33H,5-16H2,1-4H3,(H,31,35)/t17?,18?,19?,20?,21?,22-,23?,24?,25?/m1/s1. The van der Waals surface area contributed by atoms with Crippen LogP contribution in [0.25, 0.3) is 0 Å². The average molecular weight is 506 g/mol. The van der Waals surface area contributed by atoms with Crippen LogP contribution in [0, 0.1) is 17.8 Å². The summed E-state index contributed by atoms with van der Waals surface area (Å²) in [5.41, 5.74) is 6.81. The molecule has 6 N–H and O–H groups in total. The van der Waals surface area contributed by atoms with Crippen LogP contribution in [-0.2, 0) is 9.53 Å². The molecule has 0 aromatic rings. The molecule has 9 nitrogen and oxygen atoms in total. The van der Waals surface area contributed by atoms with Gasteiger partial charge in [0.2, 0.25) is 5.91 Å². The Kier molecular flexibility index (Phi) is 8.57. The predicted molar refractivity (Wildman–Crippen MR) is 142 cm³/mol. The van der Waals surface area contributed by atoms with Gasteiger partial charge in [0.1, 0.15) is 0 Å². The summed E-state index contributed by atoms with van der Waals surface area (Å²) in [7, 11) is 2.19. The van der Waals surface area contributed by atoms with Crippen LogP contribution in [0.5, 0.6) is 0 Å². The maximum Gasteiger partial charge on any atom is 0.223 e. The summed E-state index contributed by atoms with van der Waals surface area (Å²) >= 11 is 0. The largest absolute Gasteiger partial charge is 0.372 e. The summed E-state index contributed by atoms with van der Waals surface area (Å²) in [4.78, 5) is 15.9. The van der Waals surface area contributed by atoms with Gasteiger partial charge in [-0.25, -0.2) is 10.9 Å². The van der Waals surface area contributed by atoms with Gasteiger partial charge in [0.05, 0.1) is 24.0 Å². The number of ether oxygens (including phenoxy) is 1. The molecule has 9 atom stereocenters. The second-order valence-corrected chi connectivity index (χ2v) is 13.0. The van der Waals surface area contributed by atoms with E-state index in [1.165, 1.54) is 12.8 Å². The van der Waals surface area contributed by atoms with E-state index < -0.39 is 0 Å². The molecule has 0 spiro atoms. The van der Waals surface area contributed by atoms with Gasteiger partial charge in [-0.2, -0.15) is 0 Å². The second kappa shape index (κ2) is 11.5. The fourth-order valence-corrected chi connectivity index (χ4v) is 7.54. The lowest BCUT2D eigenvalue weighted by atomic mass is 9.71. The summed E-state index contributed by atoms with van der Waals surface area (Å²) in [6.45, 7) is 9.54. The van der Waals surface area contributed by atoms with E-state index in [0.717, 1.165) is 70.6 Å². The molecule has 0 aromatic heterocycles. The van der Waals surface area contributed by atoms with Crippen molar-refractivity contribution in [2.24, 2.45) is 17.8 Å². The molecule has 0 bridgehead atoms. The summed E-state index contributed by atoms with van der Waals surface area (Å²) in [6, 6.07) is 1.08. The van der Waals surface area contributed by atoms with Gasteiger partial charge in [0, 0.05) is 43.2 Å². The van der Waals surface area contributed by atoms with E-state index in [1.807, 2.05) is 0 Å². The van der Waals surface area contributed by atoms with Gasteiger partial charge in [-0.1, -0.05) is 13.3 Å². The average Bonchev–Trinajstić information content (AvgIpc) is 3.23. The highest BCUT2D eigenvalue weighted by Gasteiger charge is 2.45. The lowest BCUT2D eigenvalue weighted by Crippen LogP contribution is -2.58. The topological polar surface area (TPSA) is 102 Å². The molecule has 3 saturated heterocycles. The van der Waals surface area contributed by atoms with Crippen molar-refractivity contribution in [1.29, 1.82) is 0 Å². The van der Waals surface area contributed by atoms with Crippen LogP contribution in [0.15, 0.2) is 0 Å². The lowest BCUT2D eigenvalue weighted by molar-refractivity contribution is -0.166. The third-order valence-electron chi connectivity index (χ3n) is 9.60. The summed E-state index contributed by atoms with van der Waals surface area (Å²) in [6.07, 6.45) is 10.6. The second-order valence-electron chi connectivity index (χ2n) is 13.0. The van der Waals surface area contributed by atoms with Gasteiger partial charge in [-0.05, 0) is 84.7 Å². The van der Waals surface area contributed by atoms with Gasteiger partial charge in [-0.3, -0.25) is 15.0 Å². The fourth-order valence-electron chi connectivity index (χ4n) is 7.54. The number of likely N-dealkylation sites (N-methyl/N-ethyl adjacent to an activating group) is 1.